The molecule has 0 aromatic heterocycles. The monoisotopic (exact) mass is 673 g/mol. The first kappa shape index (κ1) is 30.0. The van der Waals surface area contributed by atoms with Gasteiger partial charge in [-0.1, -0.05) is 164 Å². The van der Waals surface area contributed by atoms with Crippen molar-refractivity contribution in [2.45, 2.75) is 12.3 Å². The third-order valence-electron chi connectivity index (χ3n) is 11.8. The van der Waals surface area contributed by atoms with Gasteiger partial charge in [-0.2, -0.15) is 0 Å². The van der Waals surface area contributed by atoms with Crippen molar-refractivity contribution < 1.29 is 0 Å². The lowest BCUT2D eigenvalue weighted by Crippen LogP contribution is -2.26. The third kappa shape index (κ3) is 4.19. The van der Waals surface area contributed by atoms with Crippen molar-refractivity contribution in [3.63, 3.8) is 0 Å². The topological polar surface area (TPSA) is 3.24 Å². The van der Waals surface area contributed by atoms with E-state index in [4.69, 9.17) is 0 Å². The van der Waals surface area contributed by atoms with Crippen LogP contribution in [0, 0.1) is 6.92 Å². The van der Waals surface area contributed by atoms with Gasteiger partial charge < -0.3 is 4.90 Å². The van der Waals surface area contributed by atoms with E-state index in [1.807, 2.05) is 0 Å². The smallest absolute Gasteiger partial charge is 0.0726 e. The first-order chi connectivity index (χ1) is 26.2. The van der Waals surface area contributed by atoms with Gasteiger partial charge in [-0.15, -0.1) is 0 Å². The van der Waals surface area contributed by atoms with E-state index in [9.17, 15) is 0 Å². The summed E-state index contributed by atoms with van der Waals surface area (Å²) in [5, 5.41) is 4.95. The fraction of sp³-hybridized carbons (Fsp3) is 0.0385. The Bertz CT molecular complexity index is 2870. The summed E-state index contributed by atoms with van der Waals surface area (Å²) >= 11 is 0. The molecule has 0 N–H and O–H groups in total. The standard InChI is InChI=1S/C52H35N/c1-34-14-2-13-25-49(34)53(50-31-28-36-16-5-6-18-40(36)51(50)38-27-26-35-15-3-4-17-37(35)32-38)39-29-30-44-43-21-9-12-24-47(43)52(48(44)33-39)45-22-10-7-19-41(45)42-20-8-11-23-46(42)52/h2-33H,1H3. The van der Waals surface area contributed by atoms with Crippen LogP contribution in [0.15, 0.2) is 194 Å². The Kier molecular flexibility index (Phi) is 6.45. The number of para-hydroxylation sites is 1. The molecule has 0 saturated heterocycles. The van der Waals surface area contributed by atoms with E-state index >= 15 is 0 Å². The van der Waals surface area contributed by atoms with Gasteiger partial charge in [0.05, 0.1) is 11.1 Å². The number of benzene rings is 9. The minimum absolute atomic E-state index is 0.420. The third-order valence-corrected chi connectivity index (χ3v) is 11.8. The Morgan fingerprint density at radius 2 is 0.925 bits per heavy atom. The van der Waals surface area contributed by atoms with Crippen molar-refractivity contribution in [2.75, 3.05) is 4.90 Å². The number of hydrogen-bond acceptors (Lipinski definition) is 1. The molecule has 0 unspecified atom stereocenters. The van der Waals surface area contributed by atoms with E-state index < -0.39 is 5.41 Å². The molecule has 248 valence electrons. The molecular weight excluding hydrogens is 639 g/mol. The fourth-order valence-electron chi connectivity index (χ4n) is 9.54. The van der Waals surface area contributed by atoms with Crippen LogP contribution in [-0.4, -0.2) is 0 Å². The van der Waals surface area contributed by atoms with E-state index in [2.05, 4.69) is 206 Å². The van der Waals surface area contributed by atoms with E-state index in [0.29, 0.717) is 0 Å². The van der Waals surface area contributed by atoms with Gasteiger partial charge >= 0.3 is 0 Å². The maximum absolute atomic E-state index is 2.51. The van der Waals surface area contributed by atoms with Crippen LogP contribution in [0.25, 0.3) is 54.9 Å². The summed E-state index contributed by atoms with van der Waals surface area (Å²) in [5.41, 5.74) is 17.4. The maximum atomic E-state index is 2.51. The van der Waals surface area contributed by atoms with Crippen LogP contribution < -0.4 is 4.90 Å². The molecule has 0 aliphatic heterocycles. The van der Waals surface area contributed by atoms with Crippen LogP contribution >= 0.6 is 0 Å². The number of fused-ring (bicyclic) bond motifs is 12. The SMILES string of the molecule is Cc1ccccc1N(c1ccc2c(c1)C1(c3ccccc3-c3ccccc31)c1ccccc1-2)c1ccc2ccccc2c1-c1ccc2ccccc2c1. The lowest BCUT2D eigenvalue weighted by Gasteiger charge is -2.33. The zero-order valence-corrected chi connectivity index (χ0v) is 29.4. The van der Waals surface area contributed by atoms with E-state index in [0.717, 1.165) is 11.4 Å². The molecule has 1 heteroatoms. The van der Waals surface area contributed by atoms with Gasteiger partial charge in [0.15, 0.2) is 0 Å². The van der Waals surface area contributed by atoms with Crippen LogP contribution in [0.3, 0.4) is 0 Å². The largest absolute Gasteiger partial charge is 0.310 e. The fourth-order valence-corrected chi connectivity index (χ4v) is 9.54. The highest BCUT2D eigenvalue weighted by molar-refractivity contribution is 6.07. The maximum Gasteiger partial charge on any atom is 0.0726 e. The summed E-state index contributed by atoms with van der Waals surface area (Å²) in [6.45, 7) is 2.23. The molecular formula is C52H35N. The van der Waals surface area contributed by atoms with Crippen molar-refractivity contribution in [1.29, 1.82) is 0 Å². The molecule has 1 spiro atoms. The second-order valence-corrected chi connectivity index (χ2v) is 14.5. The lowest BCUT2D eigenvalue weighted by molar-refractivity contribution is 0.793. The van der Waals surface area contributed by atoms with Crippen molar-refractivity contribution in [1.82, 2.24) is 0 Å². The molecule has 0 saturated carbocycles. The molecule has 53 heavy (non-hydrogen) atoms. The van der Waals surface area contributed by atoms with Crippen molar-refractivity contribution in [3.8, 4) is 33.4 Å². The molecule has 1 nitrogen and oxygen atoms in total. The van der Waals surface area contributed by atoms with Gasteiger partial charge in [0.2, 0.25) is 0 Å². The highest BCUT2D eigenvalue weighted by Crippen LogP contribution is 2.63. The van der Waals surface area contributed by atoms with Crippen LogP contribution in [0.2, 0.25) is 0 Å². The summed E-state index contributed by atoms with van der Waals surface area (Å²) in [6, 6.07) is 72.2. The van der Waals surface area contributed by atoms with Crippen LogP contribution in [0.4, 0.5) is 17.1 Å². The zero-order chi connectivity index (χ0) is 35.1. The Morgan fingerprint density at radius 3 is 1.62 bits per heavy atom. The van der Waals surface area contributed by atoms with Gasteiger partial charge in [0, 0.05) is 16.9 Å². The molecule has 0 fully saturated rings. The quantitative estimate of drug-likeness (QED) is 0.180. The molecule has 0 heterocycles. The number of rotatable bonds is 4. The van der Waals surface area contributed by atoms with E-state index in [1.54, 1.807) is 0 Å². The molecule has 9 aromatic rings. The first-order valence-electron chi connectivity index (χ1n) is 18.5. The van der Waals surface area contributed by atoms with Gasteiger partial charge in [-0.3, -0.25) is 0 Å². The molecule has 0 bridgehead atoms. The summed E-state index contributed by atoms with van der Waals surface area (Å²) in [7, 11) is 0. The van der Waals surface area contributed by atoms with Crippen LogP contribution in [0.1, 0.15) is 27.8 Å². The van der Waals surface area contributed by atoms with Gasteiger partial charge in [-0.25, -0.2) is 0 Å². The van der Waals surface area contributed by atoms with Crippen LogP contribution in [0.5, 0.6) is 0 Å². The highest BCUT2D eigenvalue weighted by Gasteiger charge is 2.51. The average molecular weight is 674 g/mol. The van der Waals surface area contributed by atoms with E-state index in [1.165, 1.54) is 88.4 Å². The first-order valence-corrected chi connectivity index (χ1v) is 18.5. The molecule has 2 aliphatic rings. The summed E-state index contributed by atoms with van der Waals surface area (Å²) in [6.07, 6.45) is 0. The summed E-state index contributed by atoms with van der Waals surface area (Å²) in [4.78, 5) is 2.51. The Morgan fingerprint density at radius 1 is 0.377 bits per heavy atom. The van der Waals surface area contributed by atoms with Crippen LogP contribution in [-0.2, 0) is 5.41 Å². The molecule has 0 radical (unpaired) electrons. The minimum atomic E-state index is -0.420. The zero-order valence-electron chi connectivity index (χ0n) is 29.4. The number of aryl methyl sites for hydroxylation is 1. The normalized spacial score (nSPS) is 13.2. The van der Waals surface area contributed by atoms with Gasteiger partial charge in [-0.05, 0) is 114 Å². The molecule has 2 aliphatic carbocycles. The molecule has 9 aromatic carbocycles. The highest BCUT2D eigenvalue weighted by atomic mass is 15.1. The van der Waals surface area contributed by atoms with Crippen molar-refractivity contribution in [3.05, 3.63) is 222 Å². The average Bonchev–Trinajstić information content (AvgIpc) is 3.68. The second kappa shape index (κ2) is 11.4. The molecule has 0 amide bonds. The predicted octanol–water partition coefficient (Wildman–Crippen LogP) is 13.8. The minimum Gasteiger partial charge on any atom is -0.310 e. The van der Waals surface area contributed by atoms with Gasteiger partial charge in [0.1, 0.15) is 0 Å². The number of anilines is 3. The molecule has 0 atom stereocenters. The summed E-state index contributed by atoms with van der Waals surface area (Å²) < 4.78 is 0. The van der Waals surface area contributed by atoms with E-state index in [-0.39, 0.29) is 0 Å². The number of hydrogen-bond donors (Lipinski definition) is 0. The second-order valence-electron chi connectivity index (χ2n) is 14.5. The van der Waals surface area contributed by atoms with Gasteiger partial charge in [0.25, 0.3) is 0 Å². The van der Waals surface area contributed by atoms with Crippen molar-refractivity contribution in [2.24, 2.45) is 0 Å². The Hall–Kier alpha value is -6.70. The number of nitrogens with zero attached hydrogens (tertiary/aromatic N) is 1. The Labute approximate surface area is 310 Å². The van der Waals surface area contributed by atoms with Crippen molar-refractivity contribution >= 4 is 38.6 Å². The summed E-state index contributed by atoms with van der Waals surface area (Å²) in [5.74, 6) is 0. The predicted molar refractivity (Wildman–Crippen MR) is 223 cm³/mol. The lowest BCUT2D eigenvalue weighted by atomic mass is 9.70. The Balaban J connectivity index is 1.23. The molecule has 11 rings (SSSR count).